The van der Waals surface area contributed by atoms with Gasteiger partial charge in [0.2, 0.25) is 0 Å². The number of benzene rings is 1. The molecule has 0 unspecified atom stereocenters. The van der Waals surface area contributed by atoms with E-state index in [1.807, 2.05) is 24.3 Å². The van der Waals surface area contributed by atoms with Crippen LogP contribution < -0.4 is 11.1 Å². The van der Waals surface area contributed by atoms with Crippen molar-refractivity contribution in [2.45, 2.75) is 0 Å². The van der Waals surface area contributed by atoms with Crippen LogP contribution >= 0.6 is 15.9 Å². The summed E-state index contributed by atoms with van der Waals surface area (Å²) < 4.78 is 0.991. The Kier molecular flexibility index (Phi) is 3.00. The van der Waals surface area contributed by atoms with Crippen LogP contribution in [0.15, 0.2) is 47.5 Å². The van der Waals surface area contributed by atoms with E-state index in [1.54, 1.807) is 12.4 Å². The van der Waals surface area contributed by atoms with Gasteiger partial charge in [-0.25, -0.2) is 9.97 Å². The summed E-state index contributed by atoms with van der Waals surface area (Å²) in [5.41, 5.74) is 8.14. The smallest absolute Gasteiger partial charge is 0.143 e. The van der Waals surface area contributed by atoms with E-state index in [0.29, 0.717) is 17.0 Å². The Morgan fingerprint density at radius 3 is 2.89 bits per heavy atom. The molecule has 2 aromatic heterocycles. The Morgan fingerprint density at radius 1 is 1.16 bits per heavy atom. The van der Waals surface area contributed by atoms with Gasteiger partial charge in [0.25, 0.3) is 0 Å². The van der Waals surface area contributed by atoms with Crippen molar-refractivity contribution < 1.29 is 0 Å². The maximum Gasteiger partial charge on any atom is 0.143 e. The molecule has 0 saturated carbocycles. The fraction of sp³-hybridized carbons (Fsp3) is 0. The van der Waals surface area contributed by atoms with Crippen LogP contribution in [0.1, 0.15) is 0 Å². The van der Waals surface area contributed by atoms with Crippen molar-refractivity contribution >= 4 is 44.0 Å². The molecule has 0 spiro atoms. The molecule has 3 aromatic rings. The minimum Gasteiger partial charge on any atom is -0.397 e. The van der Waals surface area contributed by atoms with Gasteiger partial charge in [-0.1, -0.05) is 22.0 Å². The maximum atomic E-state index is 5.95. The summed E-state index contributed by atoms with van der Waals surface area (Å²) in [5.74, 6) is 0.669. The number of halogens is 1. The van der Waals surface area contributed by atoms with Crippen molar-refractivity contribution in [3.05, 3.63) is 47.5 Å². The average molecular weight is 316 g/mol. The van der Waals surface area contributed by atoms with Crippen LogP contribution in [0.25, 0.3) is 10.9 Å². The molecule has 1 aromatic carbocycles. The first-order chi connectivity index (χ1) is 9.24. The van der Waals surface area contributed by atoms with Gasteiger partial charge in [-0.15, -0.1) is 0 Å². The third-order valence-corrected chi connectivity index (χ3v) is 3.16. The number of nitrogens with zero attached hydrogens (tertiary/aromatic N) is 3. The van der Waals surface area contributed by atoms with Gasteiger partial charge in [-0.2, -0.15) is 0 Å². The van der Waals surface area contributed by atoms with Crippen molar-refractivity contribution in [3.63, 3.8) is 0 Å². The topological polar surface area (TPSA) is 76.7 Å². The molecule has 0 atom stereocenters. The monoisotopic (exact) mass is 315 g/mol. The predicted octanol–water partition coefficient (Wildman–Crippen LogP) is 3.11. The molecule has 2 heterocycles. The zero-order valence-corrected chi connectivity index (χ0v) is 11.4. The number of hydrogen-bond donors (Lipinski definition) is 2. The van der Waals surface area contributed by atoms with E-state index in [4.69, 9.17) is 5.73 Å². The van der Waals surface area contributed by atoms with Gasteiger partial charge in [0.15, 0.2) is 0 Å². The van der Waals surface area contributed by atoms with Crippen LogP contribution in [0, 0.1) is 0 Å². The molecule has 0 radical (unpaired) electrons. The number of fused-ring (bicyclic) bond motifs is 1. The molecule has 3 N–H and O–H groups in total. The minimum atomic E-state index is 0.551. The molecule has 0 fully saturated rings. The van der Waals surface area contributed by atoms with Crippen LogP contribution in [-0.2, 0) is 0 Å². The first kappa shape index (κ1) is 11.9. The molecule has 0 bridgehead atoms. The van der Waals surface area contributed by atoms with Gasteiger partial charge in [-0.05, 0) is 18.2 Å². The third-order valence-electron chi connectivity index (χ3n) is 2.66. The van der Waals surface area contributed by atoms with Crippen molar-refractivity contribution in [2.75, 3.05) is 11.1 Å². The highest BCUT2D eigenvalue weighted by Crippen LogP contribution is 2.27. The fourth-order valence-electron chi connectivity index (χ4n) is 1.83. The molecule has 19 heavy (non-hydrogen) atoms. The second-order valence-corrected chi connectivity index (χ2v) is 4.90. The van der Waals surface area contributed by atoms with E-state index in [9.17, 15) is 0 Å². The van der Waals surface area contributed by atoms with E-state index in [1.165, 1.54) is 6.33 Å². The summed E-state index contributed by atoms with van der Waals surface area (Å²) in [6.07, 6.45) is 4.75. The summed E-state index contributed by atoms with van der Waals surface area (Å²) in [6.45, 7) is 0. The Morgan fingerprint density at radius 2 is 2.05 bits per heavy atom. The number of anilines is 3. The summed E-state index contributed by atoms with van der Waals surface area (Å²) in [5, 5.41) is 4.02. The summed E-state index contributed by atoms with van der Waals surface area (Å²) in [7, 11) is 0. The number of aromatic nitrogens is 3. The molecule has 6 heteroatoms. The largest absolute Gasteiger partial charge is 0.397 e. The molecule has 0 saturated heterocycles. The molecule has 3 rings (SSSR count). The van der Waals surface area contributed by atoms with Crippen LogP contribution in [-0.4, -0.2) is 15.0 Å². The number of nitrogens with two attached hydrogens (primary N) is 1. The van der Waals surface area contributed by atoms with E-state index >= 15 is 0 Å². The van der Waals surface area contributed by atoms with Crippen molar-refractivity contribution in [1.82, 2.24) is 15.0 Å². The number of pyridine rings is 1. The molecular weight excluding hydrogens is 306 g/mol. The lowest BCUT2D eigenvalue weighted by Gasteiger charge is -2.09. The molecular formula is C13H10BrN5. The van der Waals surface area contributed by atoms with E-state index < -0.39 is 0 Å². The highest BCUT2D eigenvalue weighted by Gasteiger charge is 2.07. The van der Waals surface area contributed by atoms with Gasteiger partial charge in [-0.3, -0.25) is 4.98 Å². The first-order valence-corrected chi connectivity index (χ1v) is 6.40. The molecule has 5 nitrogen and oxygen atoms in total. The predicted molar refractivity (Wildman–Crippen MR) is 79.2 cm³/mol. The molecule has 0 aliphatic rings. The van der Waals surface area contributed by atoms with Crippen LogP contribution in [0.2, 0.25) is 0 Å². The van der Waals surface area contributed by atoms with Crippen LogP contribution in [0.4, 0.5) is 17.2 Å². The van der Waals surface area contributed by atoms with Gasteiger partial charge < -0.3 is 11.1 Å². The Balaban J connectivity index is 2.11. The van der Waals surface area contributed by atoms with Gasteiger partial charge in [0.1, 0.15) is 12.1 Å². The van der Waals surface area contributed by atoms with Gasteiger partial charge >= 0.3 is 0 Å². The zero-order chi connectivity index (χ0) is 13.2. The van der Waals surface area contributed by atoms with Crippen LogP contribution in [0.3, 0.4) is 0 Å². The van der Waals surface area contributed by atoms with Gasteiger partial charge in [0, 0.05) is 10.2 Å². The second-order valence-electron chi connectivity index (χ2n) is 3.98. The number of hydrogen-bond acceptors (Lipinski definition) is 5. The quantitative estimate of drug-likeness (QED) is 0.759. The number of nitrogens with one attached hydrogen (secondary N) is 1. The van der Waals surface area contributed by atoms with E-state index in [2.05, 4.69) is 36.2 Å². The van der Waals surface area contributed by atoms with Crippen molar-refractivity contribution in [3.8, 4) is 0 Å². The maximum absolute atomic E-state index is 5.95. The average Bonchev–Trinajstić information content (AvgIpc) is 2.39. The fourth-order valence-corrected chi connectivity index (χ4v) is 2.23. The lowest BCUT2D eigenvalue weighted by Crippen LogP contribution is -1.99. The summed E-state index contributed by atoms with van der Waals surface area (Å²) >= 11 is 3.43. The number of rotatable bonds is 2. The number of nitrogen functional groups attached to an aromatic ring is 1. The third kappa shape index (κ3) is 2.34. The highest BCUT2D eigenvalue weighted by atomic mass is 79.9. The Labute approximate surface area is 118 Å². The van der Waals surface area contributed by atoms with E-state index in [-0.39, 0.29) is 0 Å². The summed E-state index contributed by atoms with van der Waals surface area (Å²) in [6, 6.07) is 7.82. The Hall–Kier alpha value is -2.21. The molecule has 0 amide bonds. The second kappa shape index (κ2) is 4.81. The normalized spacial score (nSPS) is 10.6. The molecule has 94 valence electrons. The SMILES string of the molecule is Nc1cncc2ncnc(Nc3cccc(Br)c3)c12. The minimum absolute atomic E-state index is 0.551. The zero-order valence-electron chi connectivity index (χ0n) is 9.84. The standard InChI is InChI=1S/C13H10BrN5/c14-8-2-1-3-9(4-8)19-13-12-10(15)5-16-6-11(12)17-7-18-13/h1-7H,15H2,(H,17,18,19). The lowest BCUT2D eigenvalue weighted by molar-refractivity contribution is 1.20. The Bertz CT molecular complexity index is 739. The first-order valence-electron chi connectivity index (χ1n) is 5.61. The molecule has 0 aliphatic carbocycles. The van der Waals surface area contributed by atoms with Crippen LogP contribution in [0.5, 0.6) is 0 Å². The van der Waals surface area contributed by atoms with E-state index in [0.717, 1.165) is 15.5 Å². The summed E-state index contributed by atoms with van der Waals surface area (Å²) in [4.78, 5) is 12.4. The van der Waals surface area contributed by atoms with Crippen molar-refractivity contribution in [2.24, 2.45) is 0 Å². The highest BCUT2D eigenvalue weighted by molar-refractivity contribution is 9.10. The lowest BCUT2D eigenvalue weighted by atomic mass is 10.2. The molecule has 0 aliphatic heterocycles. The van der Waals surface area contributed by atoms with Crippen molar-refractivity contribution in [1.29, 1.82) is 0 Å². The van der Waals surface area contributed by atoms with Gasteiger partial charge in [0.05, 0.1) is 29.0 Å².